The molecule has 0 fully saturated rings. The second-order valence-electron chi connectivity index (χ2n) is 3.89. The summed E-state index contributed by atoms with van der Waals surface area (Å²) in [4.78, 5) is 0. The molecule has 0 amide bonds. The fourth-order valence-corrected chi connectivity index (χ4v) is 2.08. The third kappa shape index (κ3) is 2.83. The second-order valence-corrected chi connectivity index (χ2v) is 4.30. The molecule has 18 heavy (non-hydrogen) atoms. The van der Waals surface area contributed by atoms with Gasteiger partial charge in [0.05, 0.1) is 26.4 Å². The Bertz CT molecular complexity index is 463. The smallest absolute Gasteiger partial charge is 0.205 e. The molecule has 1 rings (SSSR count). The maximum Gasteiger partial charge on any atom is 0.205 e. The Morgan fingerprint density at radius 1 is 1.17 bits per heavy atom. The first-order chi connectivity index (χ1) is 8.58. The lowest BCUT2D eigenvalue weighted by molar-refractivity contribution is 0.322. The minimum absolute atomic E-state index is 0.0908. The quantitative estimate of drug-likeness (QED) is 0.768. The van der Waals surface area contributed by atoms with E-state index in [2.05, 4.69) is 5.92 Å². The van der Waals surface area contributed by atoms with Crippen LogP contribution < -0.4 is 14.2 Å². The highest BCUT2D eigenvalue weighted by atomic mass is 35.5. The van der Waals surface area contributed by atoms with Crippen LogP contribution >= 0.6 is 11.6 Å². The van der Waals surface area contributed by atoms with Gasteiger partial charge in [-0.15, -0.1) is 12.3 Å². The number of hydrogen-bond acceptors (Lipinski definition) is 3. The highest BCUT2D eigenvalue weighted by Crippen LogP contribution is 2.45. The van der Waals surface area contributed by atoms with E-state index in [-0.39, 0.29) is 5.92 Å². The Morgan fingerprint density at radius 2 is 1.72 bits per heavy atom. The maximum atomic E-state index is 6.16. The molecule has 0 saturated carbocycles. The average molecular weight is 269 g/mol. The van der Waals surface area contributed by atoms with Crippen molar-refractivity contribution in [3.8, 4) is 29.6 Å². The molecule has 1 aromatic carbocycles. The van der Waals surface area contributed by atoms with Gasteiger partial charge < -0.3 is 14.2 Å². The zero-order valence-electron chi connectivity index (χ0n) is 11.0. The molecule has 1 atom stereocenters. The van der Waals surface area contributed by atoms with Gasteiger partial charge in [-0.2, -0.15) is 0 Å². The first-order valence-corrected chi connectivity index (χ1v) is 5.90. The zero-order valence-corrected chi connectivity index (χ0v) is 11.8. The fourth-order valence-electron chi connectivity index (χ4n) is 1.78. The molecule has 0 N–H and O–H groups in total. The van der Waals surface area contributed by atoms with E-state index in [1.807, 2.05) is 6.92 Å². The van der Waals surface area contributed by atoms with Crippen LogP contribution in [0.5, 0.6) is 17.2 Å². The van der Waals surface area contributed by atoms with Crippen LogP contribution in [0.3, 0.4) is 0 Å². The number of ether oxygens (including phenoxy) is 3. The van der Waals surface area contributed by atoms with Gasteiger partial charge in [0, 0.05) is 11.5 Å². The molecule has 1 aromatic rings. The van der Waals surface area contributed by atoms with Crippen LogP contribution in [0.15, 0.2) is 6.07 Å². The van der Waals surface area contributed by atoms with E-state index in [1.165, 1.54) is 7.11 Å². The highest BCUT2D eigenvalue weighted by molar-refractivity contribution is 6.32. The van der Waals surface area contributed by atoms with Crippen molar-refractivity contribution >= 4 is 11.6 Å². The van der Waals surface area contributed by atoms with Crippen molar-refractivity contribution in [3.05, 3.63) is 16.7 Å². The summed E-state index contributed by atoms with van der Waals surface area (Å²) in [6.45, 7) is 1.96. The number of terminal acetylenes is 1. The fraction of sp³-hybridized carbons (Fsp3) is 0.429. The minimum Gasteiger partial charge on any atom is -0.492 e. The minimum atomic E-state index is 0.0908. The maximum absolute atomic E-state index is 6.16. The van der Waals surface area contributed by atoms with Gasteiger partial charge in [-0.25, -0.2) is 0 Å². The summed E-state index contributed by atoms with van der Waals surface area (Å²) in [7, 11) is 4.66. The largest absolute Gasteiger partial charge is 0.492 e. The van der Waals surface area contributed by atoms with Crippen molar-refractivity contribution in [2.24, 2.45) is 5.92 Å². The van der Waals surface area contributed by atoms with E-state index in [1.54, 1.807) is 20.3 Å². The van der Waals surface area contributed by atoms with Gasteiger partial charge in [-0.1, -0.05) is 18.5 Å². The first kappa shape index (κ1) is 14.5. The number of methoxy groups -OCH3 is 3. The third-order valence-corrected chi connectivity index (χ3v) is 2.93. The summed E-state index contributed by atoms with van der Waals surface area (Å²) < 4.78 is 15.9. The molecule has 0 bridgehead atoms. The molecule has 0 aliphatic heterocycles. The van der Waals surface area contributed by atoms with Gasteiger partial charge in [0.15, 0.2) is 11.5 Å². The number of rotatable bonds is 5. The second kappa shape index (κ2) is 6.42. The van der Waals surface area contributed by atoms with Crippen LogP contribution in [-0.4, -0.2) is 21.3 Å². The Morgan fingerprint density at radius 3 is 2.17 bits per heavy atom. The number of benzene rings is 1. The highest BCUT2D eigenvalue weighted by Gasteiger charge is 2.20. The van der Waals surface area contributed by atoms with Crippen molar-refractivity contribution in [3.63, 3.8) is 0 Å². The molecule has 0 aliphatic rings. The summed E-state index contributed by atoms with van der Waals surface area (Å²) in [5, 5.41) is 0.481. The van der Waals surface area contributed by atoms with Crippen molar-refractivity contribution in [2.75, 3.05) is 21.3 Å². The van der Waals surface area contributed by atoms with Gasteiger partial charge in [0.1, 0.15) is 0 Å². The van der Waals surface area contributed by atoms with Crippen LogP contribution in [0.4, 0.5) is 0 Å². The Balaban J connectivity index is 3.35. The standard InChI is InChI=1S/C14H17ClO3/c1-6-9(2)7-10-8-11(15)13(17-4)14(18-5)12(10)16-3/h1,8-9H,7H2,2-5H3. The summed E-state index contributed by atoms with van der Waals surface area (Å²) in [6.07, 6.45) is 6.06. The van der Waals surface area contributed by atoms with Gasteiger partial charge in [-0.3, -0.25) is 0 Å². The van der Waals surface area contributed by atoms with Gasteiger partial charge in [0.25, 0.3) is 0 Å². The predicted octanol–water partition coefficient (Wildman–Crippen LogP) is 3.18. The molecule has 0 saturated heterocycles. The van der Waals surface area contributed by atoms with E-state index < -0.39 is 0 Å². The van der Waals surface area contributed by atoms with Crippen molar-refractivity contribution in [1.82, 2.24) is 0 Å². The normalized spacial score (nSPS) is 11.6. The molecule has 1 unspecified atom stereocenters. The molecule has 0 aromatic heterocycles. The summed E-state index contributed by atoms with van der Waals surface area (Å²) in [6, 6.07) is 1.80. The van der Waals surface area contributed by atoms with E-state index in [9.17, 15) is 0 Å². The molecular formula is C14H17ClO3. The third-order valence-electron chi connectivity index (χ3n) is 2.64. The van der Waals surface area contributed by atoms with Crippen molar-refractivity contribution < 1.29 is 14.2 Å². The topological polar surface area (TPSA) is 27.7 Å². The SMILES string of the molecule is C#CC(C)Cc1cc(Cl)c(OC)c(OC)c1OC. The molecule has 0 aliphatic carbocycles. The first-order valence-electron chi connectivity index (χ1n) is 5.52. The van der Waals surface area contributed by atoms with E-state index in [4.69, 9.17) is 32.2 Å². The lowest BCUT2D eigenvalue weighted by Crippen LogP contribution is -2.03. The van der Waals surface area contributed by atoms with Crippen LogP contribution in [-0.2, 0) is 6.42 Å². The van der Waals surface area contributed by atoms with Crippen LogP contribution in [0, 0.1) is 18.3 Å². The Kier molecular flexibility index (Phi) is 5.18. The van der Waals surface area contributed by atoms with Crippen molar-refractivity contribution in [2.45, 2.75) is 13.3 Å². The van der Waals surface area contributed by atoms with Crippen molar-refractivity contribution in [1.29, 1.82) is 0 Å². The zero-order chi connectivity index (χ0) is 13.7. The van der Waals surface area contributed by atoms with Crippen LogP contribution in [0.1, 0.15) is 12.5 Å². The summed E-state index contributed by atoms with van der Waals surface area (Å²) in [5.74, 6) is 4.34. The molecule has 0 heterocycles. The van der Waals surface area contributed by atoms with Crippen LogP contribution in [0.25, 0.3) is 0 Å². The number of hydrogen-bond donors (Lipinski definition) is 0. The van der Waals surface area contributed by atoms with E-state index in [0.29, 0.717) is 28.7 Å². The lowest BCUT2D eigenvalue weighted by atomic mass is 10.0. The average Bonchev–Trinajstić information content (AvgIpc) is 2.37. The number of halogens is 1. The lowest BCUT2D eigenvalue weighted by Gasteiger charge is -2.17. The van der Waals surface area contributed by atoms with Gasteiger partial charge in [-0.05, 0) is 12.5 Å². The Labute approximate surface area is 113 Å². The van der Waals surface area contributed by atoms with E-state index >= 15 is 0 Å². The summed E-state index contributed by atoms with van der Waals surface area (Å²) in [5.41, 5.74) is 0.908. The van der Waals surface area contributed by atoms with Crippen LogP contribution in [0.2, 0.25) is 5.02 Å². The molecule has 4 heteroatoms. The molecule has 0 radical (unpaired) electrons. The molecular weight excluding hydrogens is 252 g/mol. The molecule has 0 spiro atoms. The summed E-state index contributed by atoms with van der Waals surface area (Å²) >= 11 is 6.16. The molecule has 98 valence electrons. The van der Waals surface area contributed by atoms with Gasteiger partial charge in [0.2, 0.25) is 5.75 Å². The molecule has 3 nitrogen and oxygen atoms in total. The van der Waals surface area contributed by atoms with E-state index in [0.717, 1.165) is 5.56 Å². The monoisotopic (exact) mass is 268 g/mol. The predicted molar refractivity (Wildman–Crippen MR) is 72.8 cm³/mol. The van der Waals surface area contributed by atoms with Gasteiger partial charge >= 0.3 is 0 Å². The Hall–Kier alpha value is -1.53.